The maximum Gasteiger partial charge on any atom is 0.338 e. The van der Waals surface area contributed by atoms with Crippen molar-refractivity contribution >= 4 is 23.5 Å². The summed E-state index contributed by atoms with van der Waals surface area (Å²) in [7, 11) is 0. The Kier molecular flexibility index (Phi) is 5.15. The van der Waals surface area contributed by atoms with E-state index in [4.69, 9.17) is 16.7 Å². The van der Waals surface area contributed by atoms with Crippen LogP contribution in [0.25, 0.3) is 0 Å². The quantitative estimate of drug-likeness (QED) is 0.491. The Hall–Kier alpha value is -2.06. The molecule has 0 aliphatic heterocycles. The largest absolute Gasteiger partial charge is 0.478 e. The minimum absolute atomic E-state index is 0.0636. The van der Waals surface area contributed by atoms with Gasteiger partial charge >= 0.3 is 5.97 Å². The molecule has 0 unspecified atom stereocenters. The van der Waals surface area contributed by atoms with Gasteiger partial charge in [-0.1, -0.05) is 23.4 Å². The van der Waals surface area contributed by atoms with Crippen LogP contribution >= 0.6 is 11.6 Å². The molecule has 0 aliphatic carbocycles. The fraction of sp³-hybridized carbons (Fsp3) is 0.250. The first-order valence-electron chi connectivity index (χ1n) is 5.13. The molecule has 0 atom stereocenters. The van der Waals surface area contributed by atoms with Crippen LogP contribution < -0.4 is 5.32 Å². The second kappa shape index (κ2) is 6.62. The second-order valence-electron chi connectivity index (χ2n) is 3.40. The van der Waals surface area contributed by atoms with Crippen molar-refractivity contribution in [2.75, 3.05) is 6.54 Å². The molecule has 0 spiro atoms. The fourth-order valence-corrected chi connectivity index (χ4v) is 1.32. The van der Waals surface area contributed by atoms with Crippen LogP contribution in [0.3, 0.4) is 0 Å². The van der Waals surface area contributed by atoms with Crippen molar-refractivity contribution in [2.45, 2.75) is 13.3 Å². The van der Waals surface area contributed by atoms with Crippen molar-refractivity contribution in [3.63, 3.8) is 0 Å². The molecule has 1 aromatic heterocycles. The number of amides is 1. The highest BCUT2D eigenvalue weighted by molar-refractivity contribution is 6.32. The summed E-state index contributed by atoms with van der Waals surface area (Å²) in [5.74, 6) is 4.30. The van der Waals surface area contributed by atoms with Crippen molar-refractivity contribution in [2.24, 2.45) is 0 Å². The highest BCUT2D eigenvalue weighted by atomic mass is 35.5. The Balaban J connectivity index is 2.68. The number of carboxylic acids is 1. The summed E-state index contributed by atoms with van der Waals surface area (Å²) in [4.78, 5) is 25.1. The third-order valence-electron chi connectivity index (χ3n) is 1.93. The van der Waals surface area contributed by atoms with Gasteiger partial charge in [-0.2, -0.15) is 0 Å². The Morgan fingerprint density at radius 1 is 1.56 bits per heavy atom. The predicted molar refractivity (Wildman–Crippen MR) is 66.4 cm³/mol. The van der Waals surface area contributed by atoms with Crippen molar-refractivity contribution in [3.8, 4) is 11.8 Å². The molecule has 0 saturated carbocycles. The number of halogens is 1. The molecular formula is C12H11ClN2O3. The van der Waals surface area contributed by atoms with Crippen molar-refractivity contribution in [3.05, 3.63) is 28.5 Å². The van der Waals surface area contributed by atoms with E-state index >= 15 is 0 Å². The van der Waals surface area contributed by atoms with Gasteiger partial charge in [0.05, 0.1) is 5.56 Å². The van der Waals surface area contributed by atoms with E-state index in [-0.39, 0.29) is 16.6 Å². The Morgan fingerprint density at radius 2 is 2.28 bits per heavy atom. The molecule has 0 bridgehead atoms. The van der Waals surface area contributed by atoms with Gasteiger partial charge < -0.3 is 10.4 Å². The minimum Gasteiger partial charge on any atom is -0.478 e. The normalized spacial score (nSPS) is 9.22. The molecule has 0 fully saturated rings. The van der Waals surface area contributed by atoms with Crippen molar-refractivity contribution in [1.29, 1.82) is 0 Å². The summed E-state index contributed by atoms with van der Waals surface area (Å²) in [5, 5.41) is 11.4. The standard InChI is InChI=1S/C12H11ClN2O3/c1-8(16)14-5-3-2-4-9-6-10(12(17)18)11(13)15-7-9/h6-7H,3,5H2,1H3,(H,14,16)(H,17,18). The average Bonchev–Trinajstić information content (AvgIpc) is 2.30. The summed E-state index contributed by atoms with van der Waals surface area (Å²) in [6, 6.07) is 1.36. The number of carbonyl (C=O) groups excluding carboxylic acids is 1. The summed E-state index contributed by atoms with van der Waals surface area (Å²) in [6.45, 7) is 1.88. The van der Waals surface area contributed by atoms with E-state index in [1.165, 1.54) is 19.2 Å². The van der Waals surface area contributed by atoms with Gasteiger partial charge in [0.15, 0.2) is 0 Å². The number of pyridine rings is 1. The molecule has 1 heterocycles. The van der Waals surface area contributed by atoms with Gasteiger partial charge in [-0.15, -0.1) is 0 Å². The minimum atomic E-state index is -1.14. The molecule has 2 N–H and O–H groups in total. The number of carbonyl (C=O) groups is 2. The lowest BCUT2D eigenvalue weighted by molar-refractivity contribution is -0.118. The van der Waals surface area contributed by atoms with Crippen LogP contribution in [0.15, 0.2) is 12.3 Å². The van der Waals surface area contributed by atoms with E-state index < -0.39 is 5.97 Å². The van der Waals surface area contributed by atoms with E-state index in [1.807, 2.05) is 0 Å². The SMILES string of the molecule is CC(=O)NCCC#Cc1cnc(Cl)c(C(=O)O)c1. The van der Waals surface area contributed by atoms with Gasteiger partial charge in [-0.05, 0) is 6.07 Å². The van der Waals surface area contributed by atoms with Crippen LogP contribution in [-0.4, -0.2) is 28.5 Å². The topological polar surface area (TPSA) is 79.3 Å². The smallest absolute Gasteiger partial charge is 0.338 e. The summed E-state index contributed by atoms with van der Waals surface area (Å²) >= 11 is 5.62. The molecule has 5 nitrogen and oxygen atoms in total. The molecular weight excluding hydrogens is 256 g/mol. The van der Waals surface area contributed by atoms with Crippen LogP contribution in [0.2, 0.25) is 5.15 Å². The Morgan fingerprint density at radius 3 is 2.89 bits per heavy atom. The molecule has 18 heavy (non-hydrogen) atoms. The maximum atomic E-state index is 10.8. The van der Waals surface area contributed by atoms with Gasteiger partial charge in [-0.3, -0.25) is 4.79 Å². The summed E-state index contributed by atoms with van der Waals surface area (Å²) in [5.41, 5.74) is 0.393. The van der Waals surface area contributed by atoms with Crippen LogP contribution in [0.4, 0.5) is 0 Å². The van der Waals surface area contributed by atoms with Crippen LogP contribution in [0.1, 0.15) is 29.3 Å². The summed E-state index contributed by atoms with van der Waals surface area (Å²) in [6.07, 6.45) is 1.88. The Labute approximate surface area is 109 Å². The summed E-state index contributed by atoms with van der Waals surface area (Å²) < 4.78 is 0. The van der Waals surface area contributed by atoms with Gasteiger partial charge in [0, 0.05) is 31.6 Å². The van der Waals surface area contributed by atoms with E-state index in [9.17, 15) is 9.59 Å². The monoisotopic (exact) mass is 266 g/mol. The highest BCUT2D eigenvalue weighted by Crippen LogP contribution is 2.13. The van der Waals surface area contributed by atoms with Crippen LogP contribution in [-0.2, 0) is 4.79 Å². The van der Waals surface area contributed by atoms with E-state index in [1.54, 1.807) is 0 Å². The van der Waals surface area contributed by atoms with E-state index in [0.29, 0.717) is 18.5 Å². The molecule has 1 rings (SSSR count). The first-order chi connectivity index (χ1) is 8.50. The van der Waals surface area contributed by atoms with Crippen LogP contribution in [0, 0.1) is 11.8 Å². The predicted octanol–water partition coefficient (Wildman–Crippen LogP) is 1.31. The van der Waals surface area contributed by atoms with Crippen molar-refractivity contribution < 1.29 is 14.7 Å². The zero-order valence-electron chi connectivity index (χ0n) is 9.66. The lowest BCUT2D eigenvalue weighted by Gasteiger charge is -1.98. The van der Waals surface area contributed by atoms with E-state index in [0.717, 1.165) is 0 Å². The molecule has 1 amide bonds. The third-order valence-corrected chi connectivity index (χ3v) is 2.23. The van der Waals surface area contributed by atoms with Gasteiger partial charge in [0.2, 0.25) is 5.91 Å². The molecule has 1 aromatic rings. The van der Waals surface area contributed by atoms with E-state index in [2.05, 4.69) is 22.1 Å². The van der Waals surface area contributed by atoms with Crippen LogP contribution in [0.5, 0.6) is 0 Å². The fourth-order valence-electron chi connectivity index (χ4n) is 1.13. The lowest BCUT2D eigenvalue weighted by Crippen LogP contribution is -2.20. The molecule has 0 aromatic carbocycles. The Bertz CT molecular complexity index is 532. The number of rotatable bonds is 3. The number of aromatic carboxylic acids is 1. The third kappa shape index (κ3) is 4.44. The molecule has 6 heteroatoms. The van der Waals surface area contributed by atoms with Crippen molar-refractivity contribution in [1.82, 2.24) is 10.3 Å². The zero-order valence-corrected chi connectivity index (χ0v) is 10.4. The lowest BCUT2D eigenvalue weighted by atomic mass is 10.2. The molecule has 0 saturated heterocycles. The first-order valence-corrected chi connectivity index (χ1v) is 5.50. The van der Waals surface area contributed by atoms with Gasteiger partial charge in [-0.25, -0.2) is 9.78 Å². The molecule has 94 valence electrons. The van der Waals surface area contributed by atoms with Gasteiger partial charge in [0.25, 0.3) is 0 Å². The molecule has 0 radical (unpaired) electrons. The number of hydrogen-bond acceptors (Lipinski definition) is 3. The number of nitrogens with one attached hydrogen (secondary N) is 1. The highest BCUT2D eigenvalue weighted by Gasteiger charge is 2.09. The molecule has 0 aliphatic rings. The van der Waals surface area contributed by atoms with Gasteiger partial charge in [0.1, 0.15) is 5.15 Å². The second-order valence-corrected chi connectivity index (χ2v) is 3.76. The average molecular weight is 267 g/mol. The zero-order chi connectivity index (χ0) is 13.5. The number of aromatic nitrogens is 1. The number of hydrogen-bond donors (Lipinski definition) is 2. The maximum absolute atomic E-state index is 10.8. The number of carboxylic acid groups (broad SMARTS) is 1. The first kappa shape index (κ1) is 14.0. The number of nitrogens with zero attached hydrogens (tertiary/aromatic N) is 1.